The molecule has 0 heteroatoms. The molecular formula is C44H28. The van der Waals surface area contributed by atoms with Gasteiger partial charge in [-0.25, -0.2) is 0 Å². The number of hydrogen-bond donors (Lipinski definition) is 0. The SMILES string of the molecule is c1ccc2cc(-c3ccc(-c4cc5c6ccccc6c(-c6ccc7ccccc7c6)cc5c5ccccc45)cc3)ccc2c1. The van der Waals surface area contributed by atoms with Crippen molar-refractivity contribution in [3.8, 4) is 33.4 Å². The second-order valence-electron chi connectivity index (χ2n) is 11.7. The van der Waals surface area contributed by atoms with E-state index in [1.54, 1.807) is 0 Å². The molecule has 0 aliphatic carbocycles. The van der Waals surface area contributed by atoms with Crippen LogP contribution in [0.15, 0.2) is 170 Å². The van der Waals surface area contributed by atoms with E-state index in [9.17, 15) is 0 Å². The molecule has 9 aromatic carbocycles. The van der Waals surface area contributed by atoms with E-state index in [1.165, 1.54) is 87.2 Å². The molecule has 0 nitrogen and oxygen atoms in total. The highest BCUT2D eigenvalue weighted by atomic mass is 14.2. The highest BCUT2D eigenvalue weighted by Crippen LogP contribution is 2.42. The Bertz CT molecular complexity index is 2530. The monoisotopic (exact) mass is 556 g/mol. The van der Waals surface area contributed by atoms with E-state index in [1.807, 2.05) is 0 Å². The average molecular weight is 557 g/mol. The number of benzene rings is 9. The quantitative estimate of drug-likeness (QED) is 0.190. The van der Waals surface area contributed by atoms with E-state index in [4.69, 9.17) is 0 Å². The Morgan fingerprint density at radius 3 is 1.16 bits per heavy atom. The van der Waals surface area contributed by atoms with Gasteiger partial charge in [-0.15, -0.1) is 0 Å². The molecule has 0 unspecified atom stereocenters. The summed E-state index contributed by atoms with van der Waals surface area (Å²) in [5, 5.41) is 12.8. The molecule has 9 aromatic rings. The van der Waals surface area contributed by atoms with Crippen LogP contribution in [0.4, 0.5) is 0 Å². The summed E-state index contributed by atoms with van der Waals surface area (Å²) < 4.78 is 0. The Kier molecular flexibility index (Phi) is 5.61. The maximum absolute atomic E-state index is 2.41. The van der Waals surface area contributed by atoms with E-state index in [-0.39, 0.29) is 0 Å². The van der Waals surface area contributed by atoms with Crippen LogP contribution >= 0.6 is 0 Å². The van der Waals surface area contributed by atoms with E-state index in [0.29, 0.717) is 0 Å². The summed E-state index contributed by atoms with van der Waals surface area (Å²) in [5.74, 6) is 0. The summed E-state index contributed by atoms with van der Waals surface area (Å²) in [6.07, 6.45) is 0. The normalized spacial score (nSPS) is 11.6. The summed E-state index contributed by atoms with van der Waals surface area (Å²) in [6, 6.07) is 62.4. The second-order valence-corrected chi connectivity index (χ2v) is 11.7. The smallest absolute Gasteiger partial charge is 0.00923 e. The summed E-state index contributed by atoms with van der Waals surface area (Å²) in [4.78, 5) is 0. The molecule has 0 bridgehead atoms. The van der Waals surface area contributed by atoms with E-state index >= 15 is 0 Å². The van der Waals surface area contributed by atoms with Crippen LogP contribution < -0.4 is 0 Å². The molecule has 0 fully saturated rings. The van der Waals surface area contributed by atoms with Crippen molar-refractivity contribution in [3.05, 3.63) is 170 Å². The zero-order chi connectivity index (χ0) is 29.0. The lowest BCUT2D eigenvalue weighted by Gasteiger charge is -2.16. The topological polar surface area (TPSA) is 0 Å². The van der Waals surface area contributed by atoms with E-state index < -0.39 is 0 Å². The minimum atomic E-state index is 1.23. The number of rotatable bonds is 3. The fraction of sp³-hybridized carbons (Fsp3) is 0. The van der Waals surface area contributed by atoms with Crippen LogP contribution in [0.1, 0.15) is 0 Å². The van der Waals surface area contributed by atoms with Gasteiger partial charge in [0.1, 0.15) is 0 Å². The molecular weight excluding hydrogens is 528 g/mol. The Hall–Kier alpha value is -5.72. The van der Waals surface area contributed by atoms with Crippen LogP contribution in [-0.4, -0.2) is 0 Å². The lowest BCUT2D eigenvalue weighted by molar-refractivity contribution is 1.63. The molecule has 204 valence electrons. The van der Waals surface area contributed by atoms with Gasteiger partial charge in [-0.3, -0.25) is 0 Å². The third-order valence-electron chi connectivity index (χ3n) is 9.22. The van der Waals surface area contributed by atoms with Gasteiger partial charge in [0.15, 0.2) is 0 Å². The van der Waals surface area contributed by atoms with Gasteiger partial charge in [-0.1, -0.05) is 146 Å². The fourth-order valence-electron chi connectivity index (χ4n) is 7.00. The number of hydrogen-bond acceptors (Lipinski definition) is 0. The van der Waals surface area contributed by atoms with Crippen LogP contribution in [-0.2, 0) is 0 Å². The molecule has 0 aliphatic heterocycles. The Morgan fingerprint density at radius 1 is 0.205 bits per heavy atom. The molecule has 0 saturated heterocycles. The second kappa shape index (κ2) is 9.93. The molecule has 44 heavy (non-hydrogen) atoms. The van der Waals surface area contributed by atoms with Gasteiger partial charge in [0, 0.05) is 0 Å². The summed E-state index contributed by atoms with van der Waals surface area (Å²) in [6.45, 7) is 0. The van der Waals surface area contributed by atoms with Gasteiger partial charge in [-0.2, -0.15) is 0 Å². The molecule has 9 rings (SSSR count). The van der Waals surface area contributed by atoms with Crippen LogP contribution in [0.25, 0.3) is 87.2 Å². The molecule has 0 heterocycles. The van der Waals surface area contributed by atoms with Crippen molar-refractivity contribution in [3.63, 3.8) is 0 Å². The largest absolute Gasteiger partial charge is 0.0616 e. The molecule has 0 aromatic heterocycles. The first-order chi connectivity index (χ1) is 21.8. The van der Waals surface area contributed by atoms with Crippen molar-refractivity contribution >= 4 is 53.9 Å². The molecule has 0 saturated carbocycles. The Morgan fingerprint density at radius 2 is 0.591 bits per heavy atom. The minimum absolute atomic E-state index is 1.23. The number of fused-ring (bicyclic) bond motifs is 7. The summed E-state index contributed by atoms with van der Waals surface area (Å²) >= 11 is 0. The van der Waals surface area contributed by atoms with Gasteiger partial charge in [-0.05, 0) is 112 Å². The van der Waals surface area contributed by atoms with Crippen molar-refractivity contribution in [2.45, 2.75) is 0 Å². The van der Waals surface area contributed by atoms with E-state index in [0.717, 1.165) is 0 Å². The molecule has 0 N–H and O–H groups in total. The minimum Gasteiger partial charge on any atom is -0.0616 e. The molecule has 0 amide bonds. The summed E-state index contributed by atoms with van der Waals surface area (Å²) in [5.41, 5.74) is 7.49. The van der Waals surface area contributed by atoms with Crippen molar-refractivity contribution in [1.82, 2.24) is 0 Å². The lowest BCUT2D eigenvalue weighted by Crippen LogP contribution is -1.89. The molecule has 0 radical (unpaired) electrons. The fourth-order valence-corrected chi connectivity index (χ4v) is 7.00. The lowest BCUT2D eigenvalue weighted by atomic mass is 9.87. The maximum Gasteiger partial charge on any atom is -0.00923 e. The highest BCUT2D eigenvalue weighted by molar-refractivity contribution is 6.24. The van der Waals surface area contributed by atoms with Gasteiger partial charge < -0.3 is 0 Å². The predicted octanol–water partition coefficient (Wildman–Crippen LogP) is 12.5. The van der Waals surface area contributed by atoms with Gasteiger partial charge in [0.2, 0.25) is 0 Å². The van der Waals surface area contributed by atoms with Gasteiger partial charge in [0.05, 0.1) is 0 Å². The third-order valence-corrected chi connectivity index (χ3v) is 9.22. The third kappa shape index (κ3) is 4.00. The zero-order valence-corrected chi connectivity index (χ0v) is 24.2. The van der Waals surface area contributed by atoms with Crippen molar-refractivity contribution < 1.29 is 0 Å². The van der Waals surface area contributed by atoms with E-state index in [2.05, 4.69) is 170 Å². The Balaban J connectivity index is 1.24. The highest BCUT2D eigenvalue weighted by Gasteiger charge is 2.15. The predicted molar refractivity (Wildman–Crippen MR) is 190 cm³/mol. The van der Waals surface area contributed by atoms with Crippen molar-refractivity contribution in [1.29, 1.82) is 0 Å². The van der Waals surface area contributed by atoms with Gasteiger partial charge in [0.25, 0.3) is 0 Å². The first-order valence-electron chi connectivity index (χ1n) is 15.3. The summed E-state index contributed by atoms with van der Waals surface area (Å²) in [7, 11) is 0. The van der Waals surface area contributed by atoms with Crippen LogP contribution in [0.2, 0.25) is 0 Å². The van der Waals surface area contributed by atoms with Crippen LogP contribution in [0.3, 0.4) is 0 Å². The average Bonchev–Trinajstić information content (AvgIpc) is 3.10. The van der Waals surface area contributed by atoms with Gasteiger partial charge >= 0.3 is 0 Å². The molecule has 0 aliphatic rings. The van der Waals surface area contributed by atoms with Crippen molar-refractivity contribution in [2.24, 2.45) is 0 Å². The first-order valence-corrected chi connectivity index (χ1v) is 15.3. The van der Waals surface area contributed by atoms with Crippen LogP contribution in [0.5, 0.6) is 0 Å². The molecule has 0 atom stereocenters. The Labute approximate surface area is 256 Å². The first kappa shape index (κ1) is 24.8. The van der Waals surface area contributed by atoms with Crippen molar-refractivity contribution in [2.75, 3.05) is 0 Å². The van der Waals surface area contributed by atoms with Crippen LogP contribution in [0, 0.1) is 0 Å². The standard InChI is InChI=1S/C44H28/c1-3-11-33-25-35(23-19-29(33)9-1)31-17-21-32(22-18-31)41-27-43-40-16-8-6-14-38(40)42(28-44(43)39-15-7-5-13-37(39)41)36-24-20-30-10-2-4-12-34(30)26-36/h1-28H. The molecule has 0 spiro atoms. The maximum atomic E-state index is 2.41. The zero-order valence-electron chi connectivity index (χ0n) is 24.2.